The number of aromatic amines is 2. The SMILES string of the molecule is COC(=O)c1ccc2nc(-c3ccc([N+](=O)[O-])[nH]3)[nH]c2c1. The Kier molecular flexibility index (Phi) is 2.90. The van der Waals surface area contributed by atoms with E-state index in [0.717, 1.165) is 0 Å². The number of nitrogens with one attached hydrogen (secondary N) is 2. The number of ether oxygens (including phenoxy) is 1. The van der Waals surface area contributed by atoms with Gasteiger partial charge in [0.05, 0.1) is 23.7 Å². The van der Waals surface area contributed by atoms with E-state index in [1.807, 2.05) is 0 Å². The van der Waals surface area contributed by atoms with Crippen LogP contribution in [0.1, 0.15) is 10.4 Å². The minimum Gasteiger partial charge on any atom is -0.465 e. The normalized spacial score (nSPS) is 10.7. The van der Waals surface area contributed by atoms with Crippen LogP contribution in [0.25, 0.3) is 22.6 Å². The molecule has 0 aliphatic carbocycles. The third kappa shape index (κ3) is 2.22. The van der Waals surface area contributed by atoms with Gasteiger partial charge in [0.25, 0.3) is 0 Å². The van der Waals surface area contributed by atoms with Crippen molar-refractivity contribution in [2.75, 3.05) is 7.11 Å². The lowest BCUT2D eigenvalue weighted by atomic mass is 10.2. The highest BCUT2D eigenvalue weighted by atomic mass is 16.6. The maximum absolute atomic E-state index is 11.5. The van der Waals surface area contributed by atoms with E-state index in [1.165, 1.54) is 13.2 Å². The molecule has 0 amide bonds. The van der Waals surface area contributed by atoms with E-state index in [9.17, 15) is 14.9 Å². The van der Waals surface area contributed by atoms with Gasteiger partial charge in [0.15, 0.2) is 11.5 Å². The molecule has 2 N–H and O–H groups in total. The molecule has 3 rings (SSSR count). The van der Waals surface area contributed by atoms with Crippen LogP contribution >= 0.6 is 0 Å². The third-order valence-electron chi connectivity index (χ3n) is 3.03. The van der Waals surface area contributed by atoms with Crippen molar-refractivity contribution in [3.05, 3.63) is 46.0 Å². The maximum Gasteiger partial charge on any atom is 0.337 e. The van der Waals surface area contributed by atoms with Gasteiger partial charge in [-0.05, 0) is 29.2 Å². The van der Waals surface area contributed by atoms with Gasteiger partial charge in [-0.2, -0.15) is 0 Å². The molecule has 0 fully saturated rings. The van der Waals surface area contributed by atoms with E-state index in [2.05, 4.69) is 19.7 Å². The number of benzene rings is 1. The van der Waals surface area contributed by atoms with Gasteiger partial charge in [-0.15, -0.1) is 0 Å². The zero-order valence-corrected chi connectivity index (χ0v) is 10.9. The lowest BCUT2D eigenvalue weighted by Gasteiger charge is -1.97. The number of imidazole rings is 1. The smallest absolute Gasteiger partial charge is 0.337 e. The molecule has 0 saturated carbocycles. The van der Waals surface area contributed by atoms with Crippen LogP contribution in [0.3, 0.4) is 0 Å². The van der Waals surface area contributed by atoms with E-state index in [4.69, 9.17) is 0 Å². The van der Waals surface area contributed by atoms with E-state index >= 15 is 0 Å². The van der Waals surface area contributed by atoms with Crippen LogP contribution in [0.15, 0.2) is 30.3 Å². The molecule has 2 heterocycles. The molecule has 8 heteroatoms. The summed E-state index contributed by atoms with van der Waals surface area (Å²) in [4.78, 5) is 31.6. The van der Waals surface area contributed by atoms with Gasteiger partial charge in [0.1, 0.15) is 0 Å². The van der Waals surface area contributed by atoms with Crippen molar-refractivity contribution >= 4 is 22.8 Å². The van der Waals surface area contributed by atoms with Crippen LogP contribution in [0.2, 0.25) is 0 Å². The maximum atomic E-state index is 11.5. The van der Waals surface area contributed by atoms with E-state index in [-0.39, 0.29) is 5.82 Å². The van der Waals surface area contributed by atoms with Crippen molar-refractivity contribution in [3.63, 3.8) is 0 Å². The summed E-state index contributed by atoms with van der Waals surface area (Å²) in [5.74, 6) is -0.0932. The highest BCUT2D eigenvalue weighted by Crippen LogP contribution is 2.23. The Morgan fingerprint density at radius 3 is 2.76 bits per heavy atom. The first-order valence-electron chi connectivity index (χ1n) is 6.00. The molecule has 0 spiro atoms. The number of hydrogen-bond acceptors (Lipinski definition) is 5. The summed E-state index contributed by atoms with van der Waals surface area (Å²) in [7, 11) is 1.31. The standard InChI is InChI=1S/C13H10N4O4/c1-21-13(18)7-2-3-8-10(6-7)16-12(15-8)9-4-5-11(14-9)17(19)20/h2-6,14H,1H3,(H,15,16). The fourth-order valence-electron chi connectivity index (χ4n) is 2.01. The van der Waals surface area contributed by atoms with Crippen LogP contribution in [-0.4, -0.2) is 33.0 Å². The lowest BCUT2D eigenvalue weighted by molar-refractivity contribution is -0.389. The molecule has 0 aliphatic heterocycles. The molecule has 3 aromatic rings. The van der Waals surface area contributed by atoms with Gasteiger partial charge in [-0.3, -0.25) is 0 Å². The Morgan fingerprint density at radius 2 is 2.10 bits per heavy atom. The number of carbonyl (C=O) groups excluding carboxylic acids is 1. The number of H-pyrrole nitrogens is 2. The molecule has 21 heavy (non-hydrogen) atoms. The molecular formula is C13H10N4O4. The number of aromatic nitrogens is 3. The summed E-state index contributed by atoms with van der Waals surface area (Å²) in [6.45, 7) is 0. The fourth-order valence-corrected chi connectivity index (χ4v) is 2.01. The number of rotatable bonds is 3. The van der Waals surface area contributed by atoms with Gasteiger partial charge >= 0.3 is 11.8 Å². The minimum atomic E-state index is -0.512. The molecule has 1 aromatic carbocycles. The van der Waals surface area contributed by atoms with Crippen molar-refractivity contribution in [1.82, 2.24) is 15.0 Å². The largest absolute Gasteiger partial charge is 0.465 e. The van der Waals surface area contributed by atoms with Crippen LogP contribution < -0.4 is 0 Å². The van der Waals surface area contributed by atoms with Crippen LogP contribution in [0.5, 0.6) is 0 Å². The van der Waals surface area contributed by atoms with E-state index in [1.54, 1.807) is 24.3 Å². The Balaban J connectivity index is 2.03. The molecule has 0 bridgehead atoms. The van der Waals surface area contributed by atoms with E-state index < -0.39 is 10.9 Å². The summed E-state index contributed by atoms with van der Waals surface area (Å²) in [5, 5.41) is 10.7. The molecule has 0 saturated heterocycles. The summed E-state index contributed by atoms with van der Waals surface area (Å²) in [6.07, 6.45) is 0. The molecule has 2 aromatic heterocycles. The quantitative estimate of drug-likeness (QED) is 0.435. The van der Waals surface area contributed by atoms with Crippen molar-refractivity contribution < 1.29 is 14.5 Å². The second kappa shape index (κ2) is 4.75. The van der Waals surface area contributed by atoms with Gasteiger partial charge in [-0.25, -0.2) is 14.8 Å². The molecule has 0 radical (unpaired) electrons. The number of fused-ring (bicyclic) bond motifs is 1. The third-order valence-corrected chi connectivity index (χ3v) is 3.03. The first-order chi connectivity index (χ1) is 10.1. The van der Waals surface area contributed by atoms with Crippen molar-refractivity contribution in [2.45, 2.75) is 0 Å². The van der Waals surface area contributed by atoms with Crippen LogP contribution in [-0.2, 0) is 4.74 Å². The molecule has 0 unspecified atom stereocenters. The monoisotopic (exact) mass is 286 g/mol. The first-order valence-corrected chi connectivity index (χ1v) is 6.00. The second-order valence-corrected chi connectivity index (χ2v) is 4.32. The molecule has 0 atom stereocenters. The predicted molar refractivity (Wildman–Crippen MR) is 73.9 cm³/mol. The number of carbonyl (C=O) groups is 1. The average molecular weight is 286 g/mol. The number of methoxy groups -OCH3 is 1. The first kappa shape index (κ1) is 12.9. The van der Waals surface area contributed by atoms with Crippen molar-refractivity contribution in [2.24, 2.45) is 0 Å². The van der Waals surface area contributed by atoms with Crippen molar-refractivity contribution in [3.8, 4) is 11.5 Å². The fraction of sp³-hybridized carbons (Fsp3) is 0.0769. The summed E-state index contributed by atoms with van der Waals surface area (Å²) >= 11 is 0. The average Bonchev–Trinajstić information content (AvgIpc) is 3.11. The predicted octanol–water partition coefficient (Wildman–Crippen LogP) is 2.25. The Labute approximate surface area is 117 Å². The van der Waals surface area contributed by atoms with Gasteiger partial charge < -0.3 is 19.8 Å². The Bertz CT molecular complexity index is 849. The molecule has 0 aliphatic rings. The molecular weight excluding hydrogens is 276 g/mol. The topological polar surface area (TPSA) is 114 Å². The summed E-state index contributed by atoms with van der Waals surface area (Å²) < 4.78 is 4.65. The van der Waals surface area contributed by atoms with Gasteiger partial charge in [0.2, 0.25) is 0 Å². The number of hydrogen-bond donors (Lipinski definition) is 2. The van der Waals surface area contributed by atoms with Gasteiger partial charge in [-0.1, -0.05) is 0 Å². The van der Waals surface area contributed by atoms with Crippen molar-refractivity contribution in [1.29, 1.82) is 0 Å². The Hall–Kier alpha value is -3.16. The zero-order chi connectivity index (χ0) is 15.0. The highest BCUT2D eigenvalue weighted by molar-refractivity contribution is 5.94. The Morgan fingerprint density at radius 1 is 1.29 bits per heavy atom. The number of nitro groups is 1. The number of esters is 1. The lowest BCUT2D eigenvalue weighted by Crippen LogP contribution is -2.00. The van der Waals surface area contributed by atoms with E-state index in [0.29, 0.717) is 28.1 Å². The molecule has 8 nitrogen and oxygen atoms in total. The zero-order valence-electron chi connectivity index (χ0n) is 10.9. The van der Waals surface area contributed by atoms with Crippen LogP contribution in [0, 0.1) is 10.1 Å². The second-order valence-electron chi connectivity index (χ2n) is 4.32. The summed E-state index contributed by atoms with van der Waals surface area (Å²) in [5.41, 5.74) is 2.19. The van der Waals surface area contributed by atoms with Gasteiger partial charge in [0, 0.05) is 6.07 Å². The summed E-state index contributed by atoms with van der Waals surface area (Å²) in [6, 6.07) is 7.84. The highest BCUT2D eigenvalue weighted by Gasteiger charge is 2.14. The molecule has 106 valence electrons. The van der Waals surface area contributed by atoms with Crippen LogP contribution in [0.4, 0.5) is 5.82 Å². The minimum absolute atomic E-state index is 0.110. The number of nitrogens with zero attached hydrogens (tertiary/aromatic N) is 2.